The van der Waals surface area contributed by atoms with Crippen LogP contribution in [0.5, 0.6) is 0 Å². The summed E-state index contributed by atoms with van der Waals surface area (Å²) in [6.45, 7) is 10.4. The van der Waals surface area contributed by atoms with Crippen molar-refractivity contribution in [2.24, 2.45) is 0 Å². The number of rotatable bonds is 4. The molecule has 0 bridgehead atoms. The molecule has 1 aromatic rings. The highest BCUT2D eigenvalue weighted by atomic mass is 15.0. The second kappa shape index (κ2) is 5.13. The lowest BCUT2D eigenvalue weighted by Gasteiger charge is -2.28. The molecule has 0 fully saturated rings. The smallest absolute Gasteiger partial charge is 0.0359 e. The summed E-state index contributed by atoms with van der Waals surface area (Å²) in [4.78, 5) is 0. The maximum Gasteiger partial charge on any atom is 0.0359 e. The first kappa shape index (κ1) is 12.0. The van der Waals surface area contributed by atoms with Gasteiger partial charge < -0.3 is 5.32 Å². The maximum atomic E-state index is 3.82. The van der Waals surface area contributed by atoms with Crippen LogP contribution in [0.1, 0.15) is 38.8 Å². The van der Waals surface area contributed by atoms with E-state index >= 15 is 0 Å². The predicted molar refractivity (Wildman–Crippen MR) is 66.9 cm³/mol. The summed E-state index contributed by atoms with van der Waals surface area (Å²) >= 11 is 0. The van der Waals surface area contributed by atoms with E-state index in [1.807, 2.05) is 12.1 Å². The molecule has 0 spiro atoms. The first-order chi connectivity index (χ1) is 7.03. The van der Waals surface area contributed by atoms with Crippen LogP contribution in [0.25, 0.3) is 0 Å². The third-order valence-electron chi connectivity index (χ3n) is 2.21. The summed E-state index contributed by atoms with van der Waals surface area (Å²) < 4.78 is 0. The first-order valence-electron chi connectivity index (χ1n) is 5.46. The van der Waals surface area contributed by atoms with Gasteiger partial charge in [-0.2, -0.15) is 0 Å². The van der Waals surface area contributed by atoms with Crippen molar-refractivity contribution >= 4 is 0 Å². The van der Waals surface area contributed by atoms with E-state index in [2.05, 4.69) is 56.9 Å². The predicted octanol–water partition coefficient (Wildman–Crippen LogP) is 3.69. The van der Waals surface area contributed by atoms with Crippen molar-refractivity contribution in [1.29, 1.82) is 0 Å². The van der Waals surface area contributed by atoms with Crippen molar-refractivity contribution in [3.8, 4) is 0 Å². The van der Waals surface area contributed by atoms with E-state index in [0.717, 1.165) is 6.42 Å². The van der Waals surface area contributed by atoms with Crippen molar-refractivity contribution in [3.05, 3.63) is 48.6 Å². The lowest BCUT2D eigenvalue weighted by Crippen LogP contribution is -2.38. The van der Waals surface area contributed by atoms with Crippen molar-refractivity contribution in [2.45, 2.75) is 38.8 Å². The molecule has 0 aromatic heterocycles. The van der Waals surface area contributed by atoms with Crippen LogP contribution in [0.4, 0.5) is 0 Å². The van der Waals surface area contributed by atoms with Gasteiger partial charge in [-0.3, -0.25) is 0 Å². The first-order valence-corrected chi connectivity index (χ1v) is 5.46. The van der Waals surface area contributed by atoms with Crippen LogP contribution in [0, 0.1) is 0 Å². The van der Waals surface area contributed by atoms with E-state index in [1.54, 1.807) is 0 Å². The molecule has 0 saturated heterocycles. The minimum Gasteiger partial charge on any atom is -0.305 e. The van der Waals surface area contributed by atoms with Crippen LogP contribution in [0.2, 0.25) is 0 Å². The summed E-state index contributed by atoms with van der Waals surface area (Å²) in [5, 5.41) is 3.60. The third kappa shape index (κ3) is 4.30. The fourth-order valence-electron chi connectivity index (χ4n) is 1.65. The molecule has 1 aromatic carbocycles. The molecule has 1 atom stereocenters. The van der Waals surface area contributed by atoms with Gasteiger partial charge in [0.2, 0.25) is 0 Å². The van der Waals surface area contributed by atoms with Crippen molar-refractivity contribution in [1.82, 2.24) is 5.32 Å². The highest BCUT2D eigenvalue weighted by Gasteiger charge is 2.17. The van der Waals surface area contributed by atoms with Gasteiger partial charge in [-0.05, 0) is 32.8 Å². The number of hydrogen-bond donors (Lipinski definition) is 1. The van der Waals surface area contributed by atoms with E-state index in [0.29, 0.717) is 6.04 Å². The zero-order valence-electron chi connectivity index (χ0n) is 9.96. The van der Waals surface area contributed by atoms with Gasteiger partial charge in [0, 0.05) is 11.6 Å². The molecule has 1 heteroatoms. The summed E-state index contributed by atoms with van der Waals surface area (Å²) in [6.07, 6.45) is 2.93. The monoisotopic (exact) mass is 203 g/mol. The molecule has 82 valence electrons. The van der Waals surface area contributed by atoms with Crippen molar-refractivity contribution < 1.29 is 0 Å². The summed E-state index contributed by atoms with van der Waals surface area (Å²) in [6, 6.07) is 10.9. The fourth-order valence-corrected chi connectivity index (χ4v) is 1.65. The van der Waals surface area contributed by atoms with Gasteiger partial charge in [0.25, 0.3) is 0 Å². The van der Waals surface area contributed by atoms with Gasteiger partial charge in [0.15, 0.2) is 0 Å². The maximum absolute atomic E-state index is 3.82. The van der Waals surface area contributed by atoms with E-state index in [4.69, 9.17) is 0 Å². The Kier molecular flexibility index (Phi) is 4.10. The Bertz CT molecular complexity index is 295. The quantitative estimate of drug-likeness (QED) is 0.736. The standard InChI is InChI=1S/C14H21N/c1-5-9-13(15-14(2,3)4)12-10-7-6-8-11-12/h5-8,10-11,13,15H,1,9H2,2-4H3. The van der Waals surface area contributed by atoms with Crippen molar-refractivity contribution in [2.75, 3.05) is 0 Å². The summed E-state index contributed by atoms with van der Waals surface area (Å²) in [5.41, 5.74) is 1.45. The molecule has 1 rings (SSSR count). The average Bonchev–Trinajstić information content (AvgIpc) is 2.17. The molecule has 15 heavy (non-hydrogen) atoms. The Hall–Kier alpha value is -1.08. The Morgan fingerprint density at radius 1 is 1.27 bits per heavy atom. The molecule has 1 nitrogen and oxygen atoms in total. The molecule has 0 aliphatic heterocycles. The number of nitrogens with one attached hydrogen (secondary N) is 1. The molecular formula is C14H21N. The molecule has 0 heterocycles. The van der Waals surface area contributed by atoms with Crippen molar-refractivity contribution in [3.63, 3.8) is 0 Å². The number of hydrogen-bond acceptors (Lipinski definition) is 1. The SMILES string of the molecule is C=CCC(NC(C)(C)C)c1ccccc1. The Morgan fingerprint density at radius 2 is 1.87 bits per heavy atom. The van der Waals surface area contributed by atoms with Crippen LogP contribution in [-0.2, 0) is 0 Å². The fraction of sp³-hybridized carbons (Fsp3) is 0.429. The topological polar surface area (TPSA) is 12.0 Å². The Morgan fingerprint density at radius 3 is 2.33 bits per heavy atom. The zero-order chi connectivity index (χ0) is 11.3. The van der Waals surface area contributed by atoms with Gasteiger partial charge >= 0.3 is 0 Å². The van der Waals surface area contributed by atoms with E-state index < -0.39 is 0 Å². The summed E-state index contributed by atoms with van der Waals surface area (Å²) in [7, 11) is 0. The molecule has 0 aliphatic rings. The highest BCUT2D eigenvalue weighted by molar-refractivity contribution is 5.20. The lowest BCUT2D eigenvalue weighted by molar-refractivity contribution is 0.364. The molecule has 0 aliphatic carbocycles. The van der Waals surface area contributed by atoms with E-state index in [-0.39, 0.29) is 5.54 Å². The molecule has 0 amide bonds. The highest BCUT2D eigenvalue weighted by Crippen LogP contribution is 2.20. The third-order valence-corrected chi connectivity index (χ3v) is 2.21. The minimum absolute atomic E-state index is 0.128. The van der Waals surface area contributed by atoms with E-state index in [9.17, 15) is 0 Å². The second-order valence-electron chi connectivity index (χ2n) is 4.88. The largest absolute Gasteiger partial charge is 0.305 e. The van der Waals surface area contributed by atoms with Crippen LogP contribution in [0.3, 0.4) is 0 Å². The van der Waals surface area contributed by atoms with Gasteiger partial charge in [-0.1, -0.05) is 36.4 Å². The van der Waals surface area contributed by atoms with Crippen LogP contribution in [-0.4, -0.2) is 5.54 Å². The molecule has 1 unspecified atom stereocenters. The van der Waals surface area contributed by atoms with Gasteiger partial charge in [0.05, 0.1) is 0 Å². The Balaban J connectivity index is 2.79. The van der Waals surface area contributed by atoms with E-state index in [1.165, 1.54) is 5.56 Å². The molecular weight excluding hydrogens is 182 g/mol. The molecule has 0 radical (unpaired) electrons. The number of benzene rings is 1. The van der Waals surface area contributed by atoms with Gasteiger partial charge in [-0.15, -0.1) is 6.58 Å². The van der Waals surface area contributed by atoms with Crippen LogP contribution >= 0.6 is 0 Å². The Labute approximate surface area is 93.2 Å². The zero-order valence-corrected chi connectivity index (χ0v) is 9.96. The van der Waals surface area contributed by atoms with Gasteiger partial charge in [-0.25, -0.2) is 0 Å². The molecule has 1 N–H and O–H groups in total. The normalized spacial score (nSPS) is 13.5. The summed E-state index contributed by atoms with van der Waals surface area (Å²) in [5.74, 6) is 0. The molecule has 0 saturated carbocycles. The lowest BCUT2D eigenvalue weighted by atomic mass is 9.99. The van der Waals surface area contributed by atoms with Crippen LogP contribution in [0.15, 0.2) is 43.0 Å². The minimum atomic E-state index is 0.128. The van der Waals surface area contributed by atoms with Gasteiger partial charge in [0.1, 0.15) is 0 Å². The second-order valence-corrected chi connectivity index (χ2v) is 4.88. The van der Waals surface area contributed by atoms with Crippen LogP contribution < -0.4 is 5.32 Å². The average molecular weight is 203 g/mol.